The van der Waals surface area contributed by atoms with Gasteiger partial charge in [0.05, 0.1) is 0 Å². The molecule has 0 amide bonds. The minimum absolute atomic E-state index is 0.307. The van der Waals surface area contributed by atoms with E-state index in [9.17, 15) is 8.42 Å². The highest BCUT2D eigenvalue weighted by molar-refractivity contribution is 7.94. The molecule has 4 nitrogen and oxygen atoms in total. The van der Waals surface area contributed by atoms with Gasteiger partial charge in [-0.2, -0.15) is 0 Å². The van der Waals surface area contributed by atoms with Crippen molar-refractivity contribution < 1.29 is 8.42 Å². The molecule has 2 aromatic heterocycles. The van der Waals surface area contributed by atoms with Crippen molar-refractivity contribution in [3.8, 4) is 11.3 Å². The summed E-state index contributed by atoms with van der Waals surface area (Å²) < 4.78 is 27.6. The van der Waals surface area contributed by atoms with Crippen molar-refractivity contribution >= 4 is 38.0 Å². The van der Waals surface area contributed by atoms with Crippen LogP contribution in [0.3, 0.4) is 0 Å². The van der Waals surface area contributed by atoms with Gasteiger partial charge in [-0.05, 0) is 48.2 Å². The SMILES string of the molecule is Cc1ccc(-c2cc3cc(NS(=O)(=O)c4cccs4)ccc3[nH]2)cc1. The van der Waals surface area contributed by atoms with Crippen LogP contribution in [-0.4, -0.2) is 13.4 Å². The fraction of sp³-hybridized carbons (Fsp3) is 0.0526. The second-order valence-electron chi connectivity index (χ2n) is 5.89. The lowest BCUT2D eigenvalue weighted by molar-refractivity contribution is 0.603. The molecule has 0 saturated heterocycles. The van der Waals surface area contributed by atoms with E-state index in [1.165, 1.54) is 16.9 Å². The molecule has 0 aliphatic rings. The maximum atomic E-state index is 12.3. The second-order valence-corrected chi connectivity index (χ2v) is 8.75. The fourth-order valence-electron chi connectivity index (χ4n) is 2.71. The van der Waals surface area contributed by atoms with Gasteiger partial charge in [-0.1, -0.05) is 35.9 Å². The topological polar surface area (TPSA) is 62.0 Å². The first-order valence-corrected chi connectivity index (χ1v) is 10.1. The van der Waals surface area contributed by atoms with Crippen molar-refractivity contribution in [2.24, 2.45) is 0 Å². The highest BCUT2D eigenvalue weighted by Crippen LogP contribution is 2.28. The molecule has 0 unspecified atom stereocenters. The number of anilines is 1. The summed E-state index contributed by atoms with van der Waals surface area (Å²) in [6, 6.07) is 19.1. The molecule has 0 bridgehead atoms. The molecular formula is C19H16N2O2S2. The lowest BCUT2D eigenvalue weighted by Gasteiger charge is -2.06. The van der Waals surface area contributed by atoms with Gasteiger partial charge in [0.2, 0.25) is 0 Å². The Balaban J connectivity index is 1.68. The van der Waals surface area contributed by atoms with Crippen LogP contribution in [0.4, 0.5) is 5.69 Å². The van der Waals surface area contributed by atoms with E-state index in [4.69, 9.17) is 0 Å². The molecule has 4 aromatic rings. The minimum atomic E-state index is -3.53. The standard InChI is InChI=1S/C19H16N2O2S2/c1-13-4-6-14(7-5-13)18-12-15-11-16(8-9-17(15)20-18)21-25(22,23)19-3-2-10-24-19/h2-12,20-21H,1H3. The Hall–Kier alpha value is -2.57. The first-order chi connectivity index (χ1) is 12.0. The summed E-state index contributed by atoms with van der Waals surface area (Å²) in [6.45, 7) is 2.06. The number of fused-ring (bicyclic) bond motifs is 1. The number of benzene rings is 2. The number of hydrogen-bond donors (Lipinski definition) is 2. The molecule has 0 spiro atoms. The molecule has 0 aliphatic heterocycles. The molecule has 25 heavy (non-hydrogen) atoms. The number of H-pyrrole nitrogens is 1. The number of hydrogen-bond acceptors (Lipinski definition) is 3. The molecule has 2 N–H and O–H groups in total. The maximum Gasteiger partial charge on any atom is 0.271 e. The summed E-state index contributed by atoms with van der Waals surface area (Å²) in [5.41, 5.74) is 4.84. The Bertz CT molecular complexity index is 1130. The Kier molecular flexibility index (Phi) is 3.86. The summed E-state index contributed by atoms with van der Waals surface area (Å²) in [6.07, 6.45) is 0. The summed E-state index contributed by atoms with van der Waals surface area (Å²) in [4.78, 5) is 3.37. The number of aromatic amines is 1. The lowest BCUT2D eigenvalue weighted by atomic mass is 10.1. The van der Waals surface area contributed by atoms with Gasteiger partial charge in [0.1, 0.15) is 4.21 Å². The van der Waals surface area contributed by atoms with E-state index in [-0.39, 0.29) is 0 Å². The number of sulfonamides is 1. The second kappa shape index (κ2) is 6.06. The van der Waals surface area contributed by atoms with E-state index in [2.05, 4.69) is 40.9 Å². The highest BCUT2D eigenvalue weighted by Gasteiger charge is 2.15. The van der Waals surface area contributed by atoms with Gasteiger partial charge in [-0.3, -0.25) is 4.72 Å². The van der Waals surface area contributed by atoms with Crippen LogP contribution < -0.4 is 4.72 Å². The number of rotatable bonds is 4. The van der Waals surface area contributed by atoms with Gasteiger partial charge in [0.25, 0.3) is 10.0 Å². The van der Waals surface area contributed by atoms with Crippen molar-refractivity contribution in [2.75, 3.05) is 4.72 Å². The van der Waals surface area contributed by atoms with E-state index in [1.807, 2.05) is 18.2 Å². The molecule has 2 aromatic carbocycles. The van der Waals surface area contributed by atoms with E-state index < -0.39 is 10.0 Å². The summed E-state index contributed by atoms with van der Waals surface area (Å²) in [5, 5.41) is 2.71. The summed E-state index contributed by atoms with van der Waals surface area (Å²) in [7, 11) is -3.53. The summed E-state index contributed by atoms with van der Waals surface area (Å²) in [5.74, 6) is 0. The third kappa shape index (κ3) is 3.18. The van der Waals surface area contributed by atoms with Gasteiger partial charge in [-0.25, -0.2) is 8.42 Å². The lowest BCUT2D eigenvalue weighted by Crippen LogP contribution is -2.11. The number of aromatic nitrogens is 1. The zero-order chi connectivity index (χ0) is 17.4. The van der Waals surface area contributed by atoms with Crippen molar-refractivity contribution in [1.82, 2.24) is 4.98 Å². The van der Waals surface area contributed by atoms with Gasteiger partial charge in [0.15, 0.2) is 0 Å². The summed E-state index contributed by atoms with van der Waals surface area (Å²) >= 11 is 1.20. The highest BCUT2D eigenvalue weighted by atomic mass is 32.2. The quantitative estimate of drug-likeness (QED) is 0.532. The smallest absolute Gasteiger partial charge is 0.271 e. The van der Waals surface area contributed by atoms with Gasteiger partial charge in [0, 0.05) is 22.3 Å². The molecule has 0 saturated carbocycles. The average molecular weight is 368 g/mol. The van der Waals surface area contributed by atoms with E-state index >= 15 is 0 Å². The first kappa shape index (κ1) is 15.9. The van der Waals surface area contributed by atoms with Crippen molar-refractivity contribution in [3.05, 3.63) is 71.6 Å². The molecule has 0 aliphatic carbocycles. The van der Waals surface area contributed by atoms with Crippen LogP contribution >= 0.6 is 11.3 Å². The Morgan fingerprint density at radius 1 is 1.00 bits per heavy atom. The number of aryl methyl sites for hydroxylation is 1. The van der Waals surface area contributed by atoms with Crippen molar-refractivity contribution in [2.45, 2.75) is 11.1 Å². The molecule has 2 heterocycles. The third-order valence-corrected chi connectivity index (χ3v) is 6.77. The Labute approximate surface area is 150 Å². The monoisotopic (exact) mass is 368 g/mol. The third-order valence-electron chi connectivity index (χ3n) is 4.00. The number of thiophene rings is 1. The molecule has 4 rings (SSSR count). The van der Waals surface area contributed by atoms with Crippen LogP contribution in [0.5, 0.6) is 0 Å². The van der Waals surface area contributed by atoms with Crippen molar-refractivity contribution in [3.63, 3.8) is 0 Å². The van der Waals surface area contributed by atoms with Gasteiger partial charge >= 0.3 is 0 Å². The van der Waals surface area contributed by atoms with Crippen LogP contribution in [0.25, 0.3) is 22.2 Å². The van der Waals surface area contributed by atoms with Crippen LogP contribution in [0.15, 0.2) is 70.3 Å². The minimum Gasteiger partial charge on any atom is -0.355 e. The van der Waals surface area contributed by atoms with Crippen LogP contribution in [0.1, 0.15) is 5.56 Å². The van der Waals surface area contributed by atoms with Crippen LogP contribution in [-0.2, 0) is 10.0 Å². The molecule has 126 valence electrons. The maximum absolute atomic E-state index is 12.3. The molecular weight excluding hydrogens is 352 g/mol. The number of nitrogens with one attached hydrogen (secondary N) is 2. The van der Waals surface area contributed by atoms with Gasteiger partial charge in [-0.15, -0.1) is 11.3 Å². The predicted octanol–water partition coefficient (Wildman–Crippen LogP) is 5.01. The van der Waals surface area contributed by atoms with E-state index in [1.54, 1.807) is 23.6 Å². The van der Waals surface area contributed by atoms with Crippen LogP contribution in [0.2, 0.25) is 0 Å². The van der Waals surface area contributed by atoms with E-state index in [0.717, 1.165) is 22.2 Å². The molecule has 0 radical (unpaired) electrons. The van der Waals surface area contributed by atoms with Gasteiger partial charge < -0.3 is 4.98 Å². The Morgan fingerprint density at radius 3 is 2.52 bits per heavy atom. The predicted molar refractivity (Wildman–Crippen MR) is 104 cm³/mol. The van der Waals surface area contributed by atoms with E-state index in [0.29, 0.717) is 9.90 Å². The largest absolute Gasteiger partial charge is 0.355 e. The average Bonchev–Trinajstić information content (AvgIpc) is 3.25. The fourth-order valence-corrected chi connectivity index (χ4v) is 4.75. The molecule has 0 fully saturated rings. The Morgan fingerprint density at radius 2 is 1.80 bits per heavy atom. The normalized spacial score (nSPS) is 11.7. The van der Waals surface area contributed by atoms with Crippen molar-refractivity contribution in [1.29, 1.82) is 0 Å². The molecule has 0 atom stereocenters. The van der Waals surface area contributed by atoms with Crippen LogP contribution in [0, 0.1) is 6.92 Å². The zero-order valence-corrected chi connectivity index (χ0v) is 15.1. The first-order valence-electron chi connectivity index (χ1n) is 7.77. The molecule has 6 heteroatoms. The zero-order valence-electron chi connectivity index (χ0n) is 13.5.